The molecule has 4 N–H and O–H groups in total. The summed E-state index contributed by atoms with van der Waals surface area (Å²) < 4.78 is 31.0. The van der Waals surface area contributed by atoms with E-state index in [-0.39, 0.29) is 28.6 Å². The summed E-state index contributed by atoms with van der Waals surface area (Å²) in [7, 11) is -4.05. The molecule has 0 amide bonds. The number of hydrazine groups is 1. The molecule has 0 atom stereocenters. The molecular weight excluding hydrogens is 304 g/mol. The van der Waals surface area contributed by atoms with E-state index in [2.05, 4.69) is 24.8 Å². The zero-order valence-electron chi connectivity index (χ0n) is 10.4. The van der Waals surface area contributed by atoms with Gasteiger partial charge in [0.05, 0.1) is 17.2 Å². The second-order valence-corrected chi connectivity index (χ2v) is 5.49. The van der Waals surface area contributed by atoms with Crippen molar-refractivity contribution in [2.75, 3.05) is 5.43 Å². The van der Waals surface area contributed by atoms with Crippen LogP contribution in [0.4, 0.5) is 11.4 Å². The van der Waals surface area contributed by atoms with E-state index in [0.717, 1.165) is 18.5 Å². The molecule has 112 valence electrons. The van der Waals surface area contributed by atoms with E-state index in [1.165, 1.54) is 6.07 Å². The van der Waals surface area contributed by atoms with Crippen LogP contribution in [0.2, 0.25) is 0 Å². The monoisotopic (exact) mass is 314 g/mol. The van der Waals surface area contributed by atoms with Crippen LogP contribution in [0.15, 0.2) is 34.0 Å². The number of rotatable bonds is 6. The van der Waals surface area contributed by atoms with E-state index in [1.807, 2.05) is 0 Å². The summed E-state index contributed by atoms with van der Waals surface area (Å²) in [6.45, 7) is -0.231. The van der Waals surface area contributed by atoms with Crippen LogP contribution in [0.5, 0.6) is 0 Å². The highest BCUT2D eigenvalue weighted by molar-refractivity contribution is 7.89. The molecule has 0 fully saturated rings. The summed E-state index contributed by atoms with van der Waals surface area (Å²) in [6.07, 6.45) is 1.05. The molecule has 0 aliphatic rings. The third kappa shape index (κ3) is 3.31. The molecule has 0 aliphatic carbocycles. The average molecular weight is 314 g/mol. The average Bonchev–Trinajstić information content (AvgIpc) is 2.98. The first-order valence-electron chi connectivity index (χ1n) is 5.44. The molecular formula is C9H10N6O5S. The van der Waals surface area contributed by atoms with Crippen molar-refractivity contribution in [1.82, 2.24) is 14.9 Å². The molecule has 1 aromatic heterocycles. The maximum atomic E-state index is 12.2. The Labute approximate surface area is 118 Å². The lowest BCUT2D eigenvalue weighted by molar-refractivity contribution is -0.385. The number of anilines is 1. The number of nitrogens with zero attached hydrogens (tertiary/aromatic N) is 3. The number of nitrogen functional groups attached to an aromatic ring is 1. The van der Waals surface area contributed by atoms with E-state index in [1.54, 1.807) is 0 Å². The Morgan fingerprint density at radius 3 is 2.76 bits per heavy atom. The third-order valence-electron chi connectivity index (χ3n) is 2.45. The van der Waals surface area contributed by atoms with E-state index < -0.39 is 14.9 Å². The van der Waals surface area contributed by atoms with Crippen molar-refractivity contribution < 1.29 is 17.9 Å². The number of nitro benzene ring substituents is 1. The van der Waals surface area contributed by atoms with Gasteiger partial charge in [-0.2, -0.15) is 4.98 Å². The van der Waals surface area contributed by atoms with Crippen LogP contribution < -0.4 is 16.0 Å². The van der Waals surface area contributed by atoms with Gasteiger partial charge in [-0.05, 0) is 6.07 Å². The van der Waals surface area contributed by atoms with Gasteiger partial charge in [-0.3, -0.25) is 16.0 Å². The largest absolute Gasteiger partial charge is 0.343 e. The number of benzene rings is 1. The molecule has 12 heteroatoms. The highest BCUT2D eigenvalue weighted by Gasteiger charge is 2.22. The van der Waals surface area contributed by atoms with Crippen LogP contribution in [-0.2, 0) is 16.6 Å². The third-order valence-corrected chi connectivity index (χ3v) is 3.89. The summed E-state index contributed by atoms with van der Waals surface area (Å²) in [4.78, 5) is 13.3. The number of nitrogens with one attached hydrogen (secondary N) is 2. The van der Waals surface area contributed by atoms with Crippen molar-refractivity contribution in [1.29, 1.82) is 0 Å². The van der Waals surface area contributed by atoms with Crippen LogP contribution >= 0.6 is 0 Å². The van der Waals surface area contributed by atoms with Crippen molar-refractivity contribution in [2.45, 2.75) is 11.4 Å². The molecule has 0 radical (unpaired) electrons. The van der Waals surface area contributed by atoms with Crippen LogP contribution in [0.25, 0.3) is 0 Å². The molecule has 0 saturated heterocycles. The van der Waals surface area contributed by atoms with Crippen molar-refractivity contribution in [3.8, 4) is 0 Å². The van der Waals surface area contributed by atoms with Gasteiger partial charge in [0.2, 0.25) is 16.4 Å². The molecule has 0 aliphatic heterocycles. The minimum atomic E-state index is -4.05. The van der Waals surface area contributed by atoms with Crippen molar-refractivity contribution >= 4 is 21.4 Å². The smallest absolute Gasteiger partial charge is 0.270 e. The number of non-ortho nitro benzene ring substituents is 1. The molecule has 0 spiro atoms. The second-order valence-electron chi connectivity index (χ2n) is 3.75. The van der Waals surface area contributed by atoms with Crippen LogP contribution in [-0.4, -0.2) is 23.5 Å². The number of aromatic nitrogens is 2. The number of hydrogen-bond acceptors (Lipinski definition) is 9. The molecule has 21 heavy (non-hydrogen) atoms. The number of sulfonamides is 1. The van der Waals surface area contributed by atoms with E-state index in [4.69, 9.17) is 5.84 Å². The molecule has 1 aromatic carbocycles. The summed E-state index contributed by atoms with van der Waals surface area (Å²) in [5, 5.41) is 14.2. The second kappa shape index (κ2) is 5.82. The number of hydrogen-bond donors (Lipinski definition) is 3. The van der Waals surface area contributed by atoms with Gasteiger partial charge in [0.1, 0.15) is 4.90 Å². The minimum Gasteiger partial charge on any atom is -0.343 e. The lowest BCUT2D eigenvalue weighted by Crippen LogP contribution is -2.25. The Hall–Kier alpha value is -2.57. The lowest BCUT2D eigenvalue weighted by atomic mass is 10.3. The fourth-order valence-electron chi connectivity index (χ4n) is 1.47. The first kappa shape index (κ1) is 14.8. The van der Waals surface area contributed by atoms with Gasteiger partial charge in [-0.1, -0.05) is 5.16 Å². The van der Waals surface area contributed by atoms with Gasteiger partial charge in [-0.25, -0.2) is 13.1 Å². The summed E-state index contributed by atoms with van der Waals surface area (Å²) >= 11 is 0. The molecule has 0 unspecified atom stereocenters. The first-order chi connectivity index (χ1) is 9.94. The molecule has 0 bridgehead atoms. The van der Waals surface area contributed by atoms with Crippen molar-refractivity contribution in [3.05, 3.63) is 40.5 Å². The minimum absolute atomic E-state index is 0.0150. The molecule has 1 heterocycles. The van der Waals surface area contributed by atoms with Crippen molar-refractivity contribution in [3.63, 3.8) is 0 Å². The van der Waals surface area contributed by atoms with Gasteiger partial charge in [-0.15, -0.1) is 0 Å². The van der Waals surface area contributed by atoms with Gasteiger partial charge in [0, 0.05) is 12.1 Å². The zero-order valence-corrected chi connectivity index (χ0v) is 11.2. The fraction of sp³-hybridized carbons (Fsp3) is 0.111. The quantitative estimate of drug-likeness (QED) is 0.369. The number of nitrogens with two attached hydrogens (primary N) is 1. The topological polar surface area (TPSA) is 166 Å². The highest BCUT2D eigenvalue weighted by atomic mass is 32.2. The molecule has 11 nitrogen and oxygen atoms in total. The highest BCUT2D eigenvalue weighted by Crippen LogP contribution is 2.25. The van der Waals surface area contributed by atoms with Crippen molar-refractivity contribution in [2.24, 2.45) is 5.84 Å². The Balaban J connectivity index is 2.33. The Bertz CT molecular complexity index is 744. The van der Waals surface area contributed by atoms with Crippen LogP contribution in [0.3, 0.4) is 0 Å². The fourth-order valence-corrected chi connectivity index (χ4v) is 2.64. The lowest BCUT2D eigenvalue weighted by Gasteiger charge is -2.09. The summed E-state index contributed by atoms with van der Waals surface area (Å²) in [6, 6.07) is 3.22. The SMILES string of the molecule is NNc1ccc([N+](=O)[O-])cc1S(=O)(=O)NCc1ncon1. The van der Waals surface area contributed by atoms with Gasteiger partial charge in [0.25, 0.3) is 5.69 Å². The molecule has 0 saturated carbocycles. The number of nitro groups is 1. The van der Waals surface area contributed by atoms with Gasteiger partial charge in [0.15, 0.2) is 5.82 Å². The maximum Gasteiger partial charge on any atom is 0.270 e. The van der Waals surface area contributed by atoms with E-state index in [0.29, 0.717) is 0 Å². The van der Waals surface area contributed by atoms with Gasteiger partial charge < -0.3 is 9.95 Å². The Kier molecular flexibility index (Phi) is 4.11. The summed E-state index contributed by atoms with van der Waals surface area (Å²) in [5.74, 6) is 5.33. The normalized spacial score (nSPS) is 11.3. The summed E-state index contributed by atoms with van der Waals surface area (Å²) in [5.41, 5.74) is 1.80. The predicted molar refractivity (Wildman–Crippen MR) is 69.2 cm³/mol. The predicted octanol–water partition coefficient (Wildman–Crippen LogP) is -0.258. The van der Waals surface area contributed by atoms with E-state index in [9.17, 15) is 18.5 Å². The molecule has 2 rings (SSSR count). The Morgan fingerprint density at radius 1 is 1.43 bits per heavy atom. The maximum absolute atomic E-state index is 12.2. The van der Waals surface area contributed by atoms with E-state index >= 15 is 0 Å². The van der Waals surface area contributed by atoms with Crippen LogP contribution in [0.1, 0.15) is 5.82 Å². The van der Waals surface area contributed by atoms with Gasteiger partial charge >= 0.3 is 0 Å². The first-order valence-corrected chi connectivity index (χ1v) is 6.92. The molecule has 2 aromatic rings. The standard InChI is InChI=1S/C9H10N6O5S/c10-13-7-2-1-6(15(16)17)3-8(7)21(18,19)12-4-9-11-5-20-14-9/h1-3,5,12-13H,4,10H2. The Morgan fingerprint density at radius 2 is 2.19 bits per heavy atom. The zero-order chi connectivity index (χ0) is 15.5. The van der Waals surface area contributed by atoms with Crippen LogP contribution in [0, 0.1) is 10.1 Å².